The van der Waals surface area contributed by atoms with Gasteiger partial charge in [0.1, 0.15) is 11.2 Å². The Bertz CT molecular complexity index is 6670. The van der Waals surface area contributed by atoms with Crippen LogP contribution < -0.4 is 32.8 Å². The number of aryl methyl sites for hydroxylation is 11. The quantitative estimate of drug-likeness (QED) is 0.126. The SMILES string of the molecule is Cc1cc(C)c(B(c2cccc(-n3c4ccccc4c4c3ccc3c5ccccc5n(-c5ccc6oc7ccc(-n8c9ccccc9c9ccc%10c(c%11ccccc%11n%10-c%10cccc(B(c%11c(C)cc(C)cc%11C)c%11c(C)cc(C)cc%11C)c%10)c98)cc7c6c5)c34)c2)c2ccc(C)c(C)c2)c(C)c1. The van der Waals surface area contributed by atoms with E-state index in [-0.39, 0.29) is 13.4 Å². The largest absolute Gasteiger partial charge is 0.456 e. The van der Waals surface area contributed by atoms with E-state index in [4.69, 9.17) is 4.42 Å². The van der Waals surface area contributed by atoms with Crippen LogP contribution in [0.5, 0.6) is 0 Å². The van der Waals surface area contributed by atoms with E-state index in [1.807, 2.05) is 0 Å². The van der Waals surface area contributed by atoms with Crippen LogP contribution in [0.15, 0.2) is 265 Å². The number of para-hydroxylation sites is 4. The molecule has 14 aromatic carbocycles. The molecule has 488 valence electrons. The van der Waals surface area contributed by atoms with Crippen LogP contribution in [-0.4, -0.2) is 31.7 Å². The Labute approximate surface area is 595 Å². The molecule has 0 saturated carbocycles. The van der Waals surface area contributed by atoms with E-state index in [1.165, 1.54) is 159 Å². The van der Waals surface area contributed by atoms with Crippen molar-refractivity contribution in [1.29, 1.82) is 0 Å². The normalized spacial score (nSPS) is 12.1. The van der Waals surface area contributed by atoms with Crippen molar-refractivity contribution in [2.24, 2.45) is 0 Å². The average molecular weight is 1310 g/mol. The molecule has 0 spiro atoms. The number of furan rings is 1. The number of nitrogens with zero attached hydrogens (tertiary/aromatic N) is 4. The lowest BCUT2D eigenvalue weighted by molar-refractivity contribution is 0.669. The lowest BCUT2D eigenvalue weighted by atomic mass is 9.34. The molecule has 0 aliphatic rings. The van der Waals surface area contributed by atoms with Crippen molar-refractivity contribution in [3.63, 3.8) is 0 Å². The van der Waals surface area contributed by atoms with Crippen LogP contribution in [0.25, 0.3) is 132 Å². The Balaban J connectivity index is 0.790. The molecule has 5 aromatic heterocycles. The zero-order valence-corrected chi connectivity index (χ0v) is 59.7. The summed E-state index contributed by atoms with van der Waals surface area (Å²) >= 11 is 0. The summed E-state index contributed by atoms with van der Waals surface area (Å²) in [6.07, 6.45) is 0. The predicted octanol–water partition coefficient (Wildman–Crippen LogP) is 20.4. The van der Waals surface area contributed by atoms with Crippen LogP contribution in [0, 0.1) is 76.2 Å². The Kier molecular flexibility index (Phi) is 13.9. The highest BCUT2D eigenvalue weighted by molar-refractivity contribution is 6.97. The number of hydrogen-bond acceptors (Lipinski definition) is 1. The fourth-order valence-corrected chi connectivity index (χ4v) is 18.7. The van der Waals surface area contributed by atoms with Crippen LogP contribution in [-0.2, 0) is 0 Å². The molecule has 0 N–H and O–H groups in total. The lowest BCUT2D eigenvalue weighted by Gasteiger charge is -2.25. The van der Waals surface area contributed by atoms with E-state index < -0.39 is 0 Å². The van der Waals surface area contributed by atoms with Gasteiger partial charge in [-0.05, 0) is 184 Å². The Morgan fingerprint density at radius 2 is 0.588 bits per heavy atom. The summed E-state index contributed by atoms with van der Waals surface area (Å²) in [4.78, 5) is 0. The Hall–Kier alpha value is -11.8. The third kappa shape index (κ3) is 9.26. The first-order valence-corrected chi connectivity index (χ1v) is 36.0. The van der Waals surface area contributed by atoms with Crippen molar-refractivity contribution in [1.82, 2.24) is 18.3 Å². The van der Waals surface area contributed by atoms with Gasteiger partial charge in [-0.25, -0.2) is 0 Å². The third-order valence-electron chi connectivity index (χ3n) is 22.8. The molecule has 0 aliphatic heterocycles. The van der Waals surface area contributed by atoms with Gasteiger partial charge in [-0.15, -0.1) is 0 Å². The second kappa shape index (κ2) is 23.1. The molecule has 19 rings (SSSR count). The molecule has 0 aliphatic carbocycles. The highest BCUT2D eigenvalue weighted by Gasteiger charge is 2.32. The molecule has 5 heterocycles. The van der Waals surface area contributed by atoms with Crippen LogP contribution in [0.1, 0.15) is 61.2 Å². The minimum absolute atomic E-state index is 0.0342. The number of rotatable bonds is 10. The summed E-state index contributed by atoms with van der Waals surface area (Å²) in [5, 5.41) is 11.8. The fourth-order valence-electron chi connectivity index (χ4n) is 18.7. The van der Waals surface area contributed by atoms with E-state index >= 15 is 0 Å². The van der Waals surface area contributed by atoms with Crippen molar-refractivity contribution < 1.29 is 4.42 Å². The first kappa shape index (κ1) is 61.3. The van der Waals surface area contributed by atoms with Crippen molar-refractivity contribution in [3.8, 4) is 22.7 Å². The zero-order chi connectivity index (χ0) is 69.2. The van der Waals surface area contributed by atoms with Gasteiger partial charge in [0.25, 0.3) is 0 Å². The topological polar surface area (TPSA) is 32.9 Å². The maximum atomic E-state index is 6.91. The highest BCUT2D eigenvalue weighted by atomic mass is 16.3. The van der Waals surface area contributed by atoms with Crippen molar-refractivity contribution >= 4 is 155 Å². The monoisotopic (exact) mass is 1310 g/mol. The molecule has 7 heteroatoms. The first-order valence-electron chi connectivity index (χ1n) is 36.0. The summed E-state index contributed by atoms with van der Waals surface area (Å²) in [5.74, 6) is 0. The van der Waals surface area contributed by atoms with Gasteiger partial charge >= 0.3 is 0 Å². The minimum Gasteiger partial charge on any atom is -0.456 e. The van der Waals surface area contributed by atoms with E-state index in [0.29, 0.717) is 0 Å². The summed E-state index contributed by atoms with van der Waals surface area (Å²) in [5.41, 5.74) is 37.8. The highest BCUT2D eigenvalue weighted by Crippen LogP contribution is 2.46. The standard InChI is InChI=1S/C95H76B2N4O/c1-55-44-60(6)91(61(7)45-55)96(68-35-34-58(4)59(5)50-68)66-22-20-24-69(51-66)98-83-32-18-14-28-77(83)89-85(98)40-38-75-73-26-12-16-30-81(73)100(94(75)89)71-36-42-87-79(53-71)80-54-72(37-43-88(80)102-87)101-82-31-17-13-27-74(82)76-39-41-86-90(95(76)101)78-29-15-19-33-84(78)99(86)70-25-21-23-67(52-70)97(92-62(8)46-56(2)47-63(92)9)93-64(10)48-57(3)49-65(93)11/h12-54H,1-11H3. The number of aromatic nitrogens is 4. The van der Waals surface area contributed by atoms with Gasteiger partial charge < -0.3 is 22.7 Å². The van der Waals surface area contributed by atoms with Crippen LogP contribution >= 0.6 is 0 Å². The van der Waals surface area contributed by atoms with Gasteiger partial charge in [0.2, 0.25) is 13.4 Å². The molecule has 0 amide bonds. The molecule has 0 fully saturated rings. The summed E-state index contributed by atoms with van der Waals surface area (Å²) in [7, 11) is 0. The fraction of sp³-hybridized carbons (Fsp3) is 0.116. The average Bonchev–Trinajstić information content (AvgIpc) is 1.54. The zero-order valence-electron chi connectivity index (χ0n) is 59.7. The van der Waals surface area contributed by atoms with E-state index in [2.05, 4.69) is 355 Å². The van der Waals surface area contributed by atoms with E-state index in [0.717, 1.165) is 66.8 Å². The molecular weight excluding hydrogens is 1230 g/mol. The van der Waals surface area contributed by atoms with Crippen LogP contribution in [0.2, 0.25) is 0 Å². The molecular formula is C95H76B2N4O. The summed E-state index contributed by atoms with van der Waals surface area (Å²) < 4.78 is 17.0. The molecule has 0 atom stereocenters. The molecule has 0 bridgehead atoms. The Morgan fingerprint density at radius 3 is 1.01 bits per heavy atom. The molecule has 0 radical (unpaired) electrons. The number of fused-ring (bicyclic) bond motifs is 17. The van der Waals surface area contributed by atoms with Gasteiger partial charge in [-0.1, -0.05) is 247 Å². The van der Waals surface area contributed by atoms with Crippen LogP contribution in [0.3, 0.4) is 0 Å². The van der Waals surface area contributed by atoms with Crippen molar-refractivity contribution in [3.05, 3.63) is 322 Å². The Morgan fingerprint density at radius 1 is 0.225 bits per heavy atom. The van der Waals surface area contributed by atoms with Gasteiger partial charge in [-0.2, -0.15) is 0 Å². The molecule has 19 aromatic rings. The molecule has 5 nitrogen and oxygen atoms in total. The molecule has 0 unspecified atom stereocenters. The van der Waals surface area contributed by atoms with Crippen LogP contribution in [0.4, 0.5) is 0 Å². The first-order chi connectivity index (χ1) is 49.6. The van der Waals surface area contributed by atoms with Crippen molar-refractivity contribution in [2.45, 2.75) is 76.2 Å². The number of hydrogen-bond donors (Lipinski definition) is 0. The second-order valence-corrected chi connectivity index (χ2v) is 29.4. The maximum Gasteiger partial charge on any atom is 0.242 e. The summed E-state index contributed by atoms with van der Waals surface area (Å²) in [6, 6.07) is 98.9. The van der Waals surface area contributed by atoms with Gasteiger partial charge in [0, 0.05) is 76.6 Å². The molecule has 102 heavy (non-hydrogen) atoms. The lowest BCUT2D eigenvalue weighted by Crippen LogP contribution is -2.55. The predicted molar refractivity (Wildman–Crippen MR) is 438 cm³/mol. The minimum atomic E-state index is 0.0342. The third-order valence-corrected chi connectivity index (χ3v) is 22.8. The molecule has 0 saturated heterocycles. The van der Waals surface area contributed by atoms with Gasteiger partial charge in [0.15, 0.2) is 0 Å². The van der Waals surface area contributed by atoms with E-state index in [9.17, 15) is 0 Å². The summed E-state index contributed by atoms with van der Waals surface area (Å²) in [6.45, 7) is 24.9. The van der Waals surface area contributed by atoms with Gasteiger partial charge in [-0.3, -0.25) is 0 Å². The number of benzene rings is 14. The van der Waals surface area contributed by atoms with Crippen molar-refractivity contribution in [2.75, 3.05) is 0 Å². The van der Waals surface area contributed by atoms with Gasteiger partial charge in [0.05, 0.1) is 44.1 Å². The smallest absolute Gasteiger partial charge is 0.242 e. The maximum absolute atomic E-state index is 6.91. The van der Waals surface area contributed by atoms with E-state index in [1.54, 1.807) is 0 Å². The second-order valence-electron chi connectivity index (χ2n) is 29.4.